The summed E-state index contributed by atoms with van der Waals surface area (Å²) in [6, 6.07) is 4.53. The molecule has 1 fully saturated rings. The highest BCUT2D eigenvalue weighted by molar-refractivity contribution is 7.89. The lowest BCUT2D eigenvalue weighted by Gasteiger charge is -2.12. The summed E-state index contributed by atoms with van der Waals surface area (Å²) < 4.78 is 27.0. The van der Waals surface area contributed by atoms with Gasteiger partial charge in [-0.05, 0) is 30.0 Å². The molecule has 1 aromatic carbocycles. The van der Waals surface area contributed by atoms with E-state index in [1.165, 1.54) is 37.8 Å². The molecule has 1 saturated carbocycles. The summed E-state index contributed by atoms with van der Waals surface area (Å²) in [6.45, 7) is 0.231. The molecule has 0 aromatic heterocycles. The standard InChI is InChI=1S/C14H20ClNO3S/c15-13-6-5-12(10-17)9-14(13)20(18,19)16-8-7-11-3-1-2-4-11/h5-6,9,11,16-17H,1-4,7-8,10H2. The molecule has 0 unspecified atom stereocenters. The molecule has 0 amide bonds. The van der Waals surface area contributed by atoms with E-state index in [1.54, 1.807) is 6.07 Å². The maximum atomic E-state index is 12.2. The first-order valence-electron chi connectivity index (χ1n) is 6.92. The third kappa shape index (κ3) is 3.95. The van der Waals surface area contributed by atoms with Gasteiger partial charge in [0.2, 0.25) is 10.0 Å². The van der Waals surface area contributed by atoms with Crippen LogP contribution in [0.2, 0.25) is 5.02 Å². The van der Waals surface area contributed by atoms with Crippen molar-refractivity contribution in [1.29, 1.82) is 0 Å². The topological polar surface area (TPSA) is 66.4 Å². The van der Waals surface area contributed by atoms with Crippen LogP contribution in [0.25, 0.3) is 0 Å². The largest absolute Gasteiger partial charge is 0.392 e. The third-order valence-electron chi connectivity index (χ3n) is 3.79. The van der Waals surface area contributed by atoms with Crippen LogP contribution in [0, 0.1) is 5.92 Å². The lowest BCUT2D eigenvalue weighted by atomic mass is 10.1. The zero-order valence-electron chi connectivity index (χ0n) is 11.3. The minimum atomic E-state index is -3.61. The molecule has 0 atom stereocenters. The Kier molecular flexibility index (Phi) is 5.43. The molecule has 20 heavy (non-hydrogen) atoms. The number of sulfonamides is 1. The van der Waals surface area contributed by atoms with Crippen LogP contribution >= 0.6 is 11.6 Å². The van der Waals surface area contributed by atoms with E-state index in [9.17, 15) is 8.42 Å². The molecule has 1 aliphatic carbocycles. The number of benzene rings is 1. The van der Waals surface area contributed by atoms with Crippen molar-refractivity contribution in [2.24, 2.45) is 5.92 Å². The van der Waals surface area contributed by atoms with Crippen LogP contribution in [0.1, 0.15) is 37.7 Å². The predicted octanol–water partition coefficient (Wildman–Crippen LogP) is 2.69. The first-order chi connectivity index (χ1) is 9.53. The number of aliphatic hydroxyl groups is 1. The fourth-order valence-electron chi connectivity index (χ4n) is 2.63. The number of aliphatic hydroxyl groups excluding tert-OH is 1. The van der Waals surface area contributed by atoms with Crippen LogP contribution in [-0.2, 0) is 16.6 Å². The normalized spacial score (nSPS) is 16.7. The van der Waals surface area contributed by atoms with Crippen molar-refractivity contribution in [3.63, 3.8) is 0 Å². The SMILES string of the molecule is O=S(=O)(NCCC1CCCC1)c1cc(CO)ccc1Cl. The Morgan fingerprint density at radius 3 is 2.65 bits per heavy atom. The molecule has 1 aromatic rings. The number of rotatable bonds is 6. The van der Waals surface area contributed by atoms with Crippen molar-refractivity contribution < 1.29 is 13.5 Å². The number of hydrogen-bond acceptors (Lipinski definition) is 3. The average molecular weight is 318 g/mol. The van der Waals surface area contributed by atoms with Gasteiger partial charge in [-0.15, -0.1) is 0 Å². The van der Waals surface area contributed by atoms with Crippen molar-refractivity contribution in [1.82, 2.24) is 4.72 Å². The predicted molar refractivity (Wildman–Crippen MR) is 79.1 cm³/mol. The number of hydrogen-bond donors (Lipinski definition) is 2. The summed E-state index contributed by atoms with van der Waals surface area (Å²) in [6.07, 6.45) is 5.77. The van der Waals surface area contributed by atoms with Crippen molar-refractivity contribution in [2.45, 2.75) is 43.6 Å². The van der Waals surface area contributed by atoms with Gasteiger partial charge in [0.1, 0.15) is 4.90 Å². The fourth-order valence-corrected chi connectivity index (χ4v) is 4.22. The molecule has 0 spiro atoms. The summed E-state index contributed by atoms with van der Waals surface area (Å²) in [5, 5.41) is 9.26. The second kappa shape index (κ2) is 6.89. The van der Waals surface area contributed by atoms with Crippen LogP contribution < -0.4 is 4.72 Å². The Bertz CT molecular complexity index is 554. The highest BCUT2D eigenvalue weighted by Crippen LogP contribution is 2.27. The maximum Gasteiger partial charge on any atom is 0.242 e. The molecule has 6 heteroatoms. The molecule has 1 aliphatic rings. The van der Waals surface area contributed by atoms with Gasteiger partial charge in [0.15, 0.2) is 0 Å². The van der Waals surface area contributed by atoms with E-state index in [4.69, 9.17) is 16.7 Å². The van der Waals surface area contributed by atoms with Gasteiger partial charge >= 0.3 is 0 Å². The summed E-state index contributed by atoms with van der Waals surface area (Å²) in [4.78, 5) is 0.0390. The van der Waals surface area contributed by atoms with Crippen molar-refractivity contribution in [3.8, 4) is 0 Å². The van der Waals surface area contributed by atoms with E-state index in [0.717, 1.165) is 6.42 Å². The van der Waals surface area contributed by atoms with E-state index in [-0.39, 0.29) is 16.5 Å². The molecule has 0 saturated heterocycles. The maximum absolute atomic E-state index is 12.2. The Balaban J connectivity index is 2.01. The van der Waals surface area contributed by atoms with E-state index in [2.05, 4.69) is 4.72 Å². The molecule has 4 nitrogen and oxygen atoms in total. The van der Waals surface area contributed by atoms with E-state index >= 15 is 0 Å². The molecule has 0 heterocycles. The smallest absolute Gasteiger partial charge is 0.242 e. The molecule has 2 rings (SSSR count). The second-order valence-corrected chi connectivity index (χ2v) is 7.40. The summed E-state index contributed by atoms with van der Waals surface area (Å²) >= 11 is 5.94. The molecule has 0 radical (unpaired) electrons. The van der Waals surface area contributed by atoms with Crippen LogP contribution in [0.5, 0.6) is 0 Å². The van der Waals surface area contributed by atoms with Gasteiger partial charge in [-0.1, -0.05) is 43.4 Å². The van der Waals surface area contributed by atoms with E-state index in [0.29, 0.717) is 18.0 Å². The first-order valence-corrected chi connectivity index (χ1v) is 8.78. The van der Waals surface area contributed by atoms with E-state index in [1.807, 2.05) is 0 Å². The van der Waals surface area contributed by atoms with Crippen molar-refractivity contribution in [3.05, 3.63) is 28.8 Å². The molecule has 112 valence electrons. The van der Waals surface area contributed by atoms with Gasteiger partial charge in [0.05, 0.1) is 11.6 Å². The molecular formula is C14H20ClNO3S. The first kappa shape index (κ1) is 15.8. The van der Waals surface area contributed by atoms with Gasteiger partial charge in [-0.3, -0.25) is 0 Å². The monoisotopic (exact) mass is 317 g/mol. The van der Waals surface area contributed by atoms with Crippen LogP contribution in [0.4, 0.5) is 0 Å². The van der Waals surface area contributed by atoms with Crippen LogP contribution in [0.3, 0.4) is 0 Å². The van der Waals surface area contributed by atoms with Crippen molar-refractivity contribution in [2.75, 3.05) is 6.54 Å². The summed E-state index contributed by atoms with van der Waals surface area (Å²) in [5.41, 5.74) is 0.533. The van der Waals surface area contributed by atoms with Gasteiger partial charge in [-0.2, -0.15) is 0 Å². The van der Waals surface area contributed by atoms with Gasteiger partial charge in [-0.25, -0.2) is 13.1 Å². The highest BCUT2D eigenvalue weighted by Gasteiger charge is 2.20. The Labute approximate surface area is 125 Å². The average Bonchev–Trinajstić information content (AvgIpc) is 2.92. The van der Waals surface area contributed by atoms with Crippen LogP contribution in [-0.4, -0.2) is 20.1 Å². The van der Waals surface area contributed by atoms with Crippen molar-refractivity contribution >= 4 is 21.6 Å². The molecule has 0 bridgehead atoms. The highest BCUT2D eigenvalue weighted by atomic mass is 35.5. The zero-order valence-corrected chi connectivity index (χ0v) is 12.9. The van der Waals surface area contributed by atoms with Gasteiger partial charge < -0.3 is 5.11 Å². The quantitative estimate of drug-likeness (QED) is 0.847. The minimum absolute atomic E-state index is 0.0390. The molecule has 2 N–H and O–H groups in total. The lowest BCUT2D eigenvalue weighted by molar-refractivity contribution is 0.281. The second-order valence-electron chi connectivity index (χ2n) is 5.26. The molecular weight excluding hydrogens is 298 g/mol. The van der Waals surface area contributed by atoms with Crippen LogP contribution in [0.15, 0.2) is 23.1 Å². The van der Waals surface area contributed by atoms with E-state index < -0.39 is 10.0 Å². The fraction of sp³-hybridized carbons (Fsp3) is 0.571. The lowest BCUT2D eigenvalue weighted by Crippen LogP contribution is -2.26. The minimum Gasteiger partial charge on any atom is -0.392 e. The Hall–Kier alpha value is -0.620. The summed E-state index contributed by atoms with van der Waals surface area (Å²) in [7, 11) is -3.61. The number of nitrogens with one attached hydrogen (secondary N) is 1. The van der Waals surface area contributed by atoms with Gasteiger partial charge in [0, 0.05) is 6.54 Å². The Morgan fingerprint density at radius 1 is 1.30 bits per heavy atom. The molecule has 0 aliphatic heterocycles. The summed E-state index contributed by atoms with van der Waals surface area (Å²) in [5.74, 6) is 0.636. The number of halogens is 1. The van der Waals surface area contributed by atoms with Gasteiger partial charge in [0.25, 0.3) is 0 Å². The third-order valence-corrected chi connectivity index (χ3v) is 5.73. The zero-order chi connectivity index (χ0) is 14.6. The Morgan fingerprint density at radius 2 is 2.00 bits per heavy atom.